The van der Waals surface area contributed by atoms with Gasteiger partial charge in [0.15, 0.2) is 5.76 Å². The summed E-state index contributed by atoms with van der Waals surface area (Å²) < 4.78 is 7.33. The number of phenols is 2. The third-order valence-corrected chi connectivity index (χ3v) is 3.73. The highest BCUT2D eigenvalue weighted by atomic mass is 16.5. The molecule has 6 heteroatoms. The van der Waals surface area contributed by atoms with Crippen LogP contribution in [0.15, 0.2) is 60.9 Å². The summed E-state index contributed by atoms with van der Waals surface area (Å²) in [4.78, 5) is 16.3. The molecule has 2 aromatic carbocycles. The maximum atomic E-state index is 12.3. The molecule has 0 atom stereocenters. The SMILES string of the molecule is O=C1/C(=C/c2ccc(-n3ccnc3)cc2)Oc2cc(O)cc(O)c21. The van der Waals surface area contributed by atoms with Crippen LogP contribution in [0.5, 0.6) is 17.2 Å². The first-order chi connectivity index (χ1) is 11.6. The van der Waals surface area contributed by atoms with Gasteiger partial charge < -0.3 is 19.5 Å². The first-order valence-electron chi connectivity index (χ1n) is 7.20. The van der Waals surface area contributed by atoms with E-state index in [9.17, 15) is 15.0 Å². The Hall–Kier alpha value is -3.54. The minimum atomic E-state index is -0.416. The third kappa shape index (κ3) is 2.30. The van der Waals surface area contributed by atoms with E-state index in [2.05, 4.69) is 4.98 Å². The number of imidazole rings is 1. The van der Waals surface area contributed by atoms with Crippen LogP contribution in [0, 0.1) is 0 Å². The summed E-state index contributed by atoms with van der Waals surface area (Å²) in [5.41, 5.74) is 1.78. The smallest absolute Gasteiger partial charge is 0.235 e. The summed E-state index contributed by atoms with van der Waals surface area (Å²) in [5.74, 6) is -0.625. The van der Waals surface area contributed by atoms with Crippen LogP contribution >= 0.6 is 0 Å². The number of rotatable bonds is 2. The first kappa shape index (κ1) is 14.1. The number of allylic oxidation sites excluding steroid dienone is 1. The lowest BCUT2D eigenvalue weighted by molar-refractivity contribution is 0.101. The normalized spacial score (nSPS) is 14.7. The van der Waals surface area contributed by atoms with Crippen LogP contribution in [0.25, 0.3) is 11.8 Å². The number of hydrogen-bond donors (Lipinski definition) is 2. The molecule has 118 valence electrons. The molecule has 2 N–H and O–H groups in total. The molecule has 4 rings (SSSR count). The zero-order valence-electron chi connectivity index (χ0n) is 12.4. The van der Waals surface area contributed by atoms with Crippen molar-refractivity contribution in [3.8, 4) is 22.9 Å². The molecule has 6 nitrogen and oxygen atoms in total. The largest absolute Gasteiger partial charge is 0.508 e. The monoisotopic (exact) mass is 320 g/mol. The Morgan fingerprint density at radius 2 is 1.92 bits per heavy atom. The van der Waals surface area contributed by atoms with Crippen LogP contribution < -0.4 is 4.74 Å². The van der Waals surface area contributed by atoms with Gasteiger partial charge in [-0.25, -0.2) is 4.98 Å². The molecule has 1 aromatic heterocycles. The van der Waals surface area contributed by atoms with E-state index in [1.54, 1.807) is 18.6 Å². The van der Waals surface area contributed by atoms with Crippen molar-refractivity contribution < 1.29 is 19.7 Å². The van der Waals surface area contributed by atoms with Crippen molar-refractivity contribution in [3.05, 3.63) is 72.0 Å². The summed E-state index contributed by atoms with van der Waals surface area (Å²) >= 11 is 0. The van der Waals surface area contributed by atoms with Crippen molar-refractivity contribution in [1.82, 2.24) is 9.55 Å². The molecule has 0 saturated heterocycles. The van der Waals surface area contributed by atoms with Gasteiger partial charge in [-0.05, 0) is 23.8 Å². The topological polar surface area (TPSA) is 84.6 Å². The Labute approximate surface area is 136 Å². The Morgan fingerprint density at radius 3 is 2.62 bits per heavy atom. The second kappa shape index (κ2) is 5.27. The molecule has 0 unspecified atom stereocenters. The van der Waals surface area contributed by atoms with Crippen molar-refractivity contribution in [2.45, 2.75) is 0 Å². The first-order valence-corrected chi connectivity index (χ1v) is 7.20. The summed E-state index contributed by atoms with van der Waals surface area (Å²) in [6.07, 6.45) is 6.82. The average molecular weight is 320 g/mol. The Bertz CT molecular complexity index is 957. The van der Waals surface area contributed by atoms with Crippen molar-refractivity contribution in [1.29, 1.82) is 0 Å². The Morgan fingerprint density at radius 1 is 1.12 bits per heavy atom. The van der Waals surface area contributed by atoms with Crippen molar-refractivity contribution in [2.24, 2.45) is 0 Å². The number of fused-ring (bicyclic) bond motifs is 1. The van der Waals surface area contributed by atoms with Crippen LogP contribution in [0.2, 0.25) is 0 Å². The lowest BCUT2D eigenvalue weighted by Crippen LogP contribution is -1.98. The van der Waals surface area contributed by atoms with E-state index in [0.29, 0.717) is 0 Å². The molecule has 1 aliphatic heterocycles. The second-order valence-corrected chi connectivity index (χ2v) is 5.34. The van der Waals surface area contributed by atoms with Crippen LogP contribution in [-0.2, 0) is 0 Å². The van der Waals surface area contributed by atoms with E-state index in [4.69, 9.17) is 4.74 Å². The number of aromatic nitrogens is 2. The number of phenolic OH excluding ortho intramolecular Hbond substituents is 2. The molecule has 0 fully saturated rings. The minimum absolute atomic E-state index is 0.0640. The molecule has 0 aliphatic carbocycles. The minimum Gasteiger partial charge on any atom is -0.508 e. The number of carbonyl (C=O) groups is 1. The molecule has 0 spiro atoms. The lowest BCUT2D eigenvalue weighted by Gasteiger charge is -2.03. The van der Waals surface area contributed by atoms with Crippen molar-refractivity contribution >= 4 is 11.9 Å². The van der Waals surface area contributed by atoms with Gasteiger partial charge in [-0.15, -0.1) is 0 Å². The summed E-state index contributed by atoms with van der Waals surface area (Å²) in [5, 5.41) is 19.3. The quantitative estimate of drug-likeness (QED) is 0.709. The highest BCUT2D eigenvalue weighted by molar-refractivity contribution is 6.16. The van der Waals surface area contributed by atoms with Gasteiger partial charge >= 0.3 is 0 Å². The van der Waals surface area contributed by atoms with Crippen LogP contribution in [-0.4, -0.2) is 25.5 Å². The van der Waals surface area contributed by atoms with E-state index < -0.39 is 5.78 Å². The number of nitrogens with zero attached hydrogens (tertiary/aromatic N) is 2. The van der Waals surface area contributed by atoms with E-state index in [1.165, 1.54) is 6.07 Å². The maximum absolute atomic E-state index is 12.3. The molecular formula is C18H12N2O4. The fourth-order valence-electron chi connectivity index (χ4n) is 2.58. The summed E-state index contributed by atoms with van der Waals surface area (Å²) in [6.45, 7) is 0. The number of aromatic hydroxyl groups is 2. The predicted molar refractivity (Wildman–Crippen MR) is 86.3 cm³/mol. The molecule has 24 heavy (non-hydrogen) atoms. The number of carbonyl (C=O) groups excluding carboxylic acids is 1. The molecule has 0 radical (unpaired) electrons. The molecule has 0 bridgehead atoms. The van der Waals surface area contributed by atoms with E-state index in [-0.39, 0.29) is 28.6 Å². The molecule has 1 aliphatic rings. The number of ketones is 1. The number of Topliss-reactive ketones (excluding diaryl/α,β-unsaturated/α-hetero) is 1. The van der Waals surface area contributed by atoms with Gasteiger partial charge in [0.25, 0.3) is 0 Å². The van der Waals surface area contributed by atoms with Gasteiger partial charge in [-0.3, -0.25) is 4.79 Å². The van der Waals surface area contributed by atoms with Crippen molar-refractivity contribution in [2.75, 3.05) is 0 Å². The predicted octanol–water partition coefficient (Wildman–Crippen LogP) is 2.90. The van der Waals surface area contributed by atoms with Gasteiger partial charge in [0.1, 0.15) is 22.8 Å². The molecule has 0 saturated carbocycles. The Balaban J connectivity index is 1.65. The lowest BCUT2D eigenvalue weighted by atomic mass is 10.1. The number of benzene rings is 2. The van der Waals surface area contributed by atoms with Crippen LogP contribution in [0.3, 0.4) is 0 Å². The molecule has 2 heterocycles. The fourth-order valence-corrected chi connectivity index (χ4v) is 2.58. The van der Waals surface area contributed by atoms with E-state index in [1.807, 2.05) is 35.0 Å². The zero-order chi connectivity index (χ0) is 16.7. The van der Waals surface area contributed by atoms with E-state index >= 15 is 0 Å². The van der Waals surface area contributed by atoms with Gasteiger partial charge in [-0.2, -0.15) is 0 Å². The molecular weight excluding hydrogens is 308 g/mol. The summed E-state index contributed by atoms with van der Waals surface area (Å²) in [6, 6.07) is 9.89. The standard InChI is InChI=1S/C18H12N2O4/c21-13-8-14(22)17-15(9-13)24-16(18(17)23)7-11-1-3-12(4-2-11)20-6-5-19-10-20/h1-10,21-22H/b16-7-. The van der Waals surface area contributed by atoms with E-state index in [0.717, 1.165) is 17.3 Å². The van der Waals surface area contributed by atoms with Crippen LogP contribution in [0.1, 0.15) is 15.9 Å². The number of ether oxygens (including phenoxy) is 1. The van der Waals surface area contributed by atoms with Crippen LogP contribution in [0.4, 0.5) is 0 Å². The highest BCUT2D eigenvalue weighted by Gasteiger charge is 2.31. The fraction of sp³-hybridized carbons (Fsp3) is 0. The molecule has 3 aromatic rings. The Kier molecular flexibility index (Phi) is 3.09. The maximum Gasteiger partial charge on any atom is 0.235 e. The van der Waals surface area contributed by atoms with Gasteiger partial charge in [0.2, 0.25) is 5.78 Å². The van der Waals surface area contributed by atoms with Gasteiger partial charge in [0, 0.05) is 30.2 Å². The highest BCUT2D eigenvalue weighted by Crippen LogP contribution is 2.40. The second-order valence-electron chi connectivity index (χ2n) is 5.34. The zero-order valence-corrected chi connectivity index (χ0v) is 12.4. The average Bonchev–Trinajstić information content (AvgIpc) is 3.17. The third-order valence-electron chi connectivity index (χ3n) is 3.73. The van der Waals surface area contributed by atoms with Crippen molar-refractivity contribution in [3.63, 3.8) is 0 Å². The van der Waals surface area contributed by atoms with Gasteiger partial charge in [-0.1, -0.05) is 12.1 Å². The summed E-state index contributed by atoms with van der Waals surface area (Å²) in [7, 11) is 0. The number of hydrogen-bond acceptors (Lipinski definition) is 5. The van der Waals surface area contributed by atoms with Gasteiger partial charge in [0.05, 0.1) is 6.33 Å². The molecule has 0 amide bonds.